The number of carbonyl (C=O) groups excluding carboxylic acids is 1. The molecule has 23 heavy (non-hydrogen) atoms. The van der Waals surface area contributed by atoms with Gasteiger partial charge in [0.15, 0.2) is 0 Å². The largest absolute Gasteiger partial charge is 0.506 e. The van der Waals surface area contributed by atoms with Gasteiger partial charge in [0.05, 0.1) is 11.1 Å². The summed E-state index contributed by atoms with van der Waals surface area (Å²) in [6, 6.07) is 11.9. The Morgan fingerprint density at radius 3 is 2.61 bits per heavy atom. The van der Waals surface area contributed by atoms with Crippen molar-refractivity contribution < 1.29 is 14.6 Å². The lowest BCUT2D eigenvalue weighted by Gasteiger charge is -2.19. The molecule has 0 saturated carbocycles. The smallest absolute Gasteiger partial charge is 0.407 e. The zero-order valence-corrected chi connectivity index (χ0v) is 14.1. The first-order chi connectivity index (χ1) is 11.0. The van der Waals surface area contributed by atoms with Crippen LogP contribution in [-0.2, 0) is 11.3 Å². The number of hydrogen-bond donors (Lipinski definition) is 2. The molecule has 0 radical (unpaired) electrons. The van der Waals surface area contributed by atoms with E-state index >= 15 is 0 Å². The van der Waals surface area contributed by atoms with Crippen molar-refractivity contribution in [2.75, 3.05) is 0 Å². The van der Waals surface area contributed by atoms with E-state index in [1.54, 1.807) is 6.07 Å². The number of phenolic OH excluding ortho intramolecular Hbond substituents is 1. The van der Waals surface area contributed by atoms with Gasteiger partial charge < -0.3 is 15.2 Å². The van der Waals surface area contributed by atoms with Crippen LogP contribution in [0.2, 0.25) is 10.0 Å². The van der Waals surface area contributed by atoms with Crippen LogP contribution < -0.4 is 5.32 Å². The lowest BCUT2D eigenvalue weighted by molar-refractivity contribution is 0.135. The summed E-state index contributed by atoms with van der Waals surface area (Å²) >= 11 is 11.9. The molecule has 0 heterocycles. The number of benzene rings is 2. The van der Waals surface area contributed by atoms with Crippen molar-refractivity contribution in [3.05, 3.63) is 63.6 Å². The minimum Gasteiger partial charge on any atom is -0.506 e. The molecule has 0 aliphatic carbocycles. The zero-order chi connectivity index (χ0) is 16.8. The molecule has 1 unspecified atom stereocenters. The number of halogens is 2. The molecule has 1 amide bonds. The van der Waals surface area contributed by atoms with Crippen molar-refractivity contribution in [2.45, 2.75) is 26.0 Å². The second-order valence-corrected chi connectivity index (χ2v) is 5.84. The SMILES string of the molecule is CCC(NC(=O)OCc1ccccc1)c1cc(Cl)cc(Cl)c1O. The van der Waals surface area contributed by atoms with Gasteiger partial charge in [0.2, 0.25) is 0 Å². The standard InChI is InChI=1S/C17H17Cl2NO3/c1-2-15(13-8-12(18)9-14(19)16(13)21)20-17(22)23-10-11-6-4-3-5-7-11/h3-9,15,21H,2,10H2,1H3,(H,20,22). The Balaban J connectivity index is 2.03. The highest BCUT2D eigenvalue weighted by Crippen LogP contribution is 2.35. The maximum atomic E-state index is 12.0. The van der Waals surface area contributed by atoms with E-state index in [4.69, 9.17) is 27.9 Å². The summed E-state index contributed by atoms with van der Waals surface area (Å²) < 4.78 is 5.18. The average molecular weight is 354 g/mol. The van der Waals surface area contributed by atoms with Crippen LogP contribution in [0.1, 0.15) is 30.5 Å². The summed E-state index contributed by atoms with van der Waals surface area (Å²) in [4.78, 5) is 12.0. The summed E-state index contributed by atoms with van der Waals surface area (Å²) in [5, 5.41) is 13.3. The third-order valence-electron chi connectivity index (χ3n) is 3.35. The van der Waals surface area contributed by atoms with E-state index in [0.29, 0.717) is 17.0 Å². The Hall–Kier alpha value is -1.91. The van der Waals surface area contributed by atoms with Crippen molar-refractivity contribution >= 4 is 29.3 Å². The fourth-order valence-corrected chi connectivity index (χ4v) is 2.67. The lowest BCUT2D eigenvalue weighted by Crippen LogP contribution is -2.28. The van der Waals surface area contributed by atoms with Gasteiger partial charge in [0.25, 0.3) is 0 Å². The first-order valence-electron chi connectivity index (χ1n) is 7.16. The van der Waals surface area contributed by atoms with Crippen LogP contribution >= 0.6 is 23.2 Å². The highest BCUT2D eigenvalue weighted by molar-refractivity contribution is 6.35. The number of nitrogens with one attached hydrogen (secondary N) is 1. The molecule has 0 aliphatic heterocycles. The third kappa shape index (κ3) is 4.78. The minimum absolute atomic E-state index is 0.0914. The maximum Gasteiger partial charge on any atom is 0.407 e. The molecule has 2 aromatic rings. The molecule has 0 saturated heterocycles. The van der Waals surface area contributed by atoms with E-state index in [2.05, 4.69) is 5.32 Å². The molecule has 122 valence electrons. The molecule has 0 aromatic heterocycles. The van der Waals surface area contributed by atoms with Gasteiger partial charge in [-0.3, -0.25) is 0 Å². The average Bonchev–Trinajstić information content (AvgIpc) is 2.55. The van der Waals surface area contributed by atoms with Gasteiger partial charge in [-0.05, 0) is 24.1 Å². The number of amides is 1. The van der Waals surface area contributed by atoms with Crippen molar-refractivity contribution in [3.63, 3.8) is 0 Å². The summed E-state index contributed by atoms with van der Waals surface area (Å²) in [5.41, 5.74) is 1.35. The molecule has 0 bridgehead atoms. The van der Waals surface area contributed by atoms with Gasteiger partial charge in [-0.2, -0.15) is 0 Å². The highest BCUT2D eigenvalue weighted by atomic mass is 35.5. The van der Waals surface area contributed by atoms with Crippen LogP contribution in [0.5, 0.6) is 5.75 Å². The number of phenols is 1. The number of carbonyl (C=O) groups is 1. The predicted octanol–water partition coefficient (Wildman–Crippen LogP) is 5.08. The fourth-order valence-electron chi connectivity index (χ4n) is 2.16. The molecule has 4 nitrogen and oxygen atoms in total. The lowest BCUT2D eigenvalue weighted by atomic mass is 10.0. The summed E-state index contributed by atoms with van der Waals surface area (Å²) in [6.45, 7) is 2.04. The van der Waals surface area contributed by atoms with E-state index in [9.17, 15) is 9.90 Å². The number of aromatic hydroxyl groups is 1. The molecule has 2 aromatic carbocycles. The molecule has 0 aliphatic rings. The first-order valence-corrected chi connectivity index (χ1v) is 7.92. The Kier molecular flexibility index (Phi) is 6.13. The van der Waals surface area contributed by atoms with Gasteiger partial charge in [-0.25, -0.2) is 4.79 Å². The van der Waals surface area contributed by atoms with Crippen LogP contribution in [-0.4, -0.2) is 11.2 Å². The van der Waals surface area contributed by atoms with Crippen molar-refractivity contribution in [3.8, 4) is 5.75 Å². The van der Waals surface area contributed by atoms with Crippen LogP contribution in [0.25, 0.3) is 0 Å². The molecule has 0 spiro atoms. The quantitative estimate of drug-likeness (QED) is 0.788. The Bertz CT molecular complexity index is 677. The third-order valence-corrected chi connectivity index (χ3v) is 3.85. The molecular weight excluding hydrogens is 337 g/mol. The minimum atomic E-state index is -0.573. The zero-order valence-electron chi connectivity index (χ0n) is 12.6. The van der Waals surface area contributed by atoms with Crippen LogP contribution in [0.4, 0.5) is 4.79 Å². The summed E-state index contributed by atoms with van der Waals surface area (Å²) in [7, 11) is 0. The van der Waals surface area contributed by atoms with Gasteiger partial charge in [0, 0.05) is 10.6 Å². The number of ether oxygens (including phenoxy) is 1. The van der Waals surface area contributed by atoms with Crippen molar-refractivity contribution in [1.82, 2.24) is 5.32 Å². The summed E-state index contributed by atoms with van der Waals surface area (Å²) in [5.74, 6) is -0.0914. The van der Waals surface area contributed by atoms with Crippen LogP contribution in [0.15, 0.2) is 42.5 Å². The normalized spacial score (nSPS) is 11.8. The molecule has 6 heteroatoms. The Labute approximate surface area is 145 Å². The van der Waals surface area contributed by atoms with Gasteiger partial charge >= 0.3 is 6.09 Å². The number of alkyl carbamates (subject to hydrolysis) is 1. The molecule has 0 fully saturated rings. The van der Waals surface area contributed by atoms with E-state index < -0.39 is 12.1 Å². The molecular formula is C17H17Cl2NO3. The van der Waals surface area contributed by atoms with E-state index in [1.807, 2.05) is 37.3 Å². The van der Waals surface area contributed by atoms with E-state index in [-0.39, 0.29) is 17.4 Å². The van der Waals surface area contributed by atoms with E-state index in [0.717, 1.165) is 5.56 Å². The molecule has 2 N–H and O–H groups in total. The summed E-state index contributed by atoms with van der Waals surface area (Å²) in [6.07, 6.45) is -0.0267. The van der Waals surface area contributed by atoms with Gasteiger partial charge in [-0.1, -0.05) is 60.5 Å². The predicted molar refractivity (Wildman–Crippen MR) is 90.9 cm³/mol. The van der Waals surface area contributed by atoms with E-state index in [1.165, 1.54) is 6.07 Å². The second kappa shape index (κ2) is 8.09. The second-order valence-electron chi connectivity index (χ2n) is 4.99. The van der Waals surface area contributed by atoms with Gasteiger partial charge in [0.1, 0.15) is 12.4 Å². The Morgan fingerprint density at radius 2 is 1.96 bits per heavy atom. The number of hydrogen-bond acceptors (Lipinski definition) is 3. The van der Waals surface area contributed by atoms with Crippen molar-refractivity contribution in [2.24, 2.45) is 0 Å². The van der Waals surface area contributed by atoms with Gasteiger partial charge in [-0.15, -0.1) is 0 Å². The molecule has 2 rings (SSSR count). The van der Waals surface area contributed by atoms with Crippen LogP contribution in [0, 0.1) is 0 Å². The Morgan fingerprint density at radius 1 is 1.26 bits per heavy atom. The monoisotopic (exact) mass is 353 g/mol. The molecule has 1 atom stereocenters. The highest BCUT2D eigenvalue weighted by Gasteiger charge is 2.19. The number of rotatable bonds is 5. The van der Waals surface area contributed by atoms with Crippen LogP contribution in [0.3, 0.4) is 0 Å². The fraction of sp³-hybridized carbons (Fsp3) is 0.235. The van der Waals surface area contributed by atoms with Crippen molar-refractivity contribution in [1.29, 1.82) is 0 Å². The maximum absolute atomic E-state index is 12.0. The first kappa shape index (κ1) is 17.4. The topological polar surface area (TPSA) is 58.6 Å².